The zero-order valence-corrected chi connectivity index (χ0v) is 6.09. The summed E-state index contributed by atoms with van der Waals surface area (Å²) in [6.45, 7) is 0. The van der Waals surface area contributed by atoms with Gasteiger partial charge >= 0.3 is 0 Å². The largest absolute Gasteiger partial charge is 0.264 e. The second kappa shape index (κ2) is 2.49. The van der Waals surface area contributed by atoms with Crippen LogP contribution in [0.2, 0.25) is 0 Å². The van der Waals surface area contributed by atoms with Crippen LogP contribution in [0.15, 0.2) is 24.0 Å². The third-order valence-electron chi connectivity index (χ3n) is 2.40. The SMILES string of the molecule is C1=CC(C2CCCC2)=C[N]1. The van der Waals surface area contributed by atoms with Gasteiger partial charge < -0.3 is 0 Å². The first-order chi connectivity index (χ1) is 4.97. The first kappa shape index (κ1) is 6.02. The first-order valence-electron chi connectivity index (χ1n) is 4.03. The Balaban J connectivity index is 2.03. The maximum atomic E-state index is 4.07. The summed E-state index contributed by atoms with van der Waals surface area (Å²) in [6, 6.07) is 0. The van der Waals surface area contributed by atoms with Gasteiger partial charge in [-0.3, -0.25) is 5.32 Å². The normalized spacial score (nSPS) is 25.0. The maximum absolute atomic E-state index is 4.07. The molecule has 0 spiro atoms. The first-order valence-corrected chi connectivity index (χ1v) is 4.03. The Morgan fingerprint density at radius 1 is 1.30 bits per heavy atom. The van der Waals surface area contributed by atoms with Gasteiger partial charge in [-0.15, -0.1) is 0 Å². The van der Waals surface area contributed by atoms with Gasteiger partial charge in [-0.2, -0.15) is 0 Å². The highest BCUT2D eigenvalue weighted by atomic mass is 14.8. The monoisotopic (exact) mass is 134 g/mol. The molecule has 0 N–H and O–H groups in total. The zero-order chi connectivity index (χ0) is 6.81. The molecule has 1 saturated carbocycles. The van der Waals surface area contributed by atoms with E-state index in [1.54, 1.807) is 0 Å². The van der Waals surface area contributed by atoms with E-state index in [1.807, 2.05) is 12.4 Å². The second-order valence-corrected chi connectivity index (χ2v) is 3.08. The van der Waals surface area contributed by atoms with Crippen LogP contribution in [0.5, 0.6) is 0 Å². The minimum atomic E-state index is 0.836. The molecular weight excluding hydrogens is 122 g/mol. The van der Waals surface area contributed by atoms with Gasteiger partial charge in [0.25, 0.3) is 0 Å². The summed E-state index contributed by atoms with van der Waals surface area (Å²) >= 11 is 0. The molecule has 0 aromatic heterocycles. The van der Waals surface area contributed by atoms with Crippen LogP contribution in [-0.4, -0.2) is 0 Å². The van der Waals surface area contributed by atoms with Crippen molar-refractivity contribution in [3.8, 4) is 0 Å². The maximum Gasteiger partial charge on any atom is 0.0303 e. The molecule has 1 fully saturated rings. The molecule has 0 aromatic carbocycles. The highest BCUT2D eigenvalue weighted by Gasteiger charge is 2.18. The zero-order valence-electron chi connectivity index (χ0n) is 6.09. The quantitative estimate of drug-likeness (QED) is 0.522. The van der Waals surface area contributed by atoms with Gasteiger partial charge in [0.05, 0.1) is 0 Å². The van der Waals surface area contributed by atoms with Gasteiger partial charge in [-0.25, -0.2) is 0 Å². The van der Waals surface area contributed by atoms with Crippen LogP contribution in [-0.2, 0) is 0 Å². The van der Waals surface area contributed by atoms with E-state index >= 15 is 0 Å². The lowest BCUT2D eigenvalue weighted by atomic mass is 9.99. The van der Waals surface area contributed by atoms with E-state index in [0.717, 1.165) is 5.92 Å². The van der Waals surface area contributed by atoms with Gasteiger partial charge in [0.2, 0.25) is 0 Å². The van der Waals surface area contributed by atoms with Crippen molar-refractivity contribution in [1.29, 1.82) is 0 Å². The summed E-state index contributed by atoms with van der Waals surface area (Å²) in [5, 5.41) is 4.07. The average Bonchev–Trinajstić information content (AvgIpc) is 2.59. The molecule has 0 saturated heterocycles. The molecule has 1 aliphatic carbocycles. The predicted molar refractivity (Wildman–Crippen MR) is 41.3 cm³/mol. The molecule has 53 valence electrons. The van der Waals surface area contributed by atoms with E-state index in [2.05, 4.69) is 11.4 Å². The van der Waals surface area contributed by atoms with Crippen molar-refractivity contribution in [1.82, 2.24) is 5.32 Å². The molecule has 0 unspecified atom stereocenters. The number of hydrogen-bond donors (Lipinski definition) is 0. The van der Waals surface area contributed by atoms with Crippen molar-refractivity contribution in [3.05, 3.63) is 24.0 Å². The van der Waals surface area contributed by atoms with E-state index in [-0.39, 0.29) is 0 Å². The molecule has 1 heteroatoms. The molecule has 1 nitrogen and oxygen atoms in total. The van der Waals surface area contributed by atoms with Crippen molar-refractivity contribution in [2.45, 2.75) is 25.7 Å². The molecule has 0 atom stereocenters. The molecule has 2 aliphatic rings. The van der Waals surface area contributed by atoms with Crippen LogP contribution < -0.4 is 5.32 Å². The van der Waals surface area contributed by atoms with E-state index in [4.69, 9.17) is 0 Å². The lowest BCUT2D eigenvalue weighted by Crippen LogP contribution is -1.93. The predicted octanol–water partition coefficient (Wildman–Crippen LogP) is 2.19. The highest BCUT2D eigenvalue weighted by Crippen LogP contribution is 2.32. The summed E-state index contributed by atoms with van der Waals surface area (Å²) in [7, 11) is 0. The summed E-state index contributed by atoms with van der Waals surface area (Å²) in [5.41, 5.74) is 1.46. The Hall–Kier alpha value is -0.720. The smallest absolute Gasteiger partial charge is 0.0303 e. The third-order valence-corrected chi connectivity index (χ3v) is 2.40. The summed E-state index contributed by atoms with van der Waals surface area (Å²) in [6.07, 6.45) is 11.6. The molecule has 0 bridgehead atoms. The average molecular weight is 134 g/mol. The van der Waals surface area contributed by atoms with Crippen molar-refractivity contribution in [3.63, 3.8) is 0 Å². The van der Waals surface area contributed by atoms with E-state index in [1.165, 1.54) is 31.3 Å². The molecule has 1 aliphatic heterocycles. The summed E-state index contributed by atoms with van der Waals surface area (Å²) in [4.78, 5) is 0. The van der Waals surface area contributed by atoms with Gasteiger partial charge in [-0.05, 0) is 30.4 Å². The fraction of sp³-hybridized carbons (Fsp3) is 0.556. The van der Waals surface area contributed by atoms with E-state index in [9.17, 15) is 0 Å². The van der Waals surface area contributed by atoms with E-state index < -0.39 is 0 Å². The van der Waals surface area contributed by atoms with Crippen LogP contribution in [0.4, 0.5) is 0 Å². The lowest BCUT2D eigenvalue weighted by Gasteiger charge is -2.05. The fourth-order valence-corrected chi connectivity index (χ4v) is 1.80. The number of rotatable bonds is 1. The lowest BCUT2D eigenvalue weighted by molar-refractivity contribution is 0.657. The molecule has 1 heterocycles. The minimum absolute atomic E-state index is 0.836. The fourth-order valence-electron chi connectivity index (χ4n) is 1.80. The van der Waals surface area contributed by atoms with E-state index in [0.29, 0.717) is 0 Å². The van der Waals surface area contributed by atoms with Crippen LogP contribution in [0.25, 0.3) is 0 Å². The molecule has 10 heavy (non-hydrogen) atoms. The third kappa shape index (κ3) is 0.962. The Morgan fingerprint density at radius 2 is 2.10 bits per heavy atom. The Labute approximate surface area is 61.8 Å². The summed E-state index contributed by atoms with van der Waals surface area (Å²) < 4.78 is 0. The highest BCUT2D eigenvalue weighted by molar-refractivity contribution is 5.26. The van der Waals surface area contributed by atoms with Crippen molar-refractivity contribution in [2.24, 2.45) is 5.92 Å². The van der Waals surface area contributed by atoms with Crippen molar-refractivity contribution < 1.29 is 0 Å². The van der Waals surface area contributed by atoms with Gasteiger partial charge in [0.1, 0.15) is 0 Å². The minimum Gasteiger partial charge on any atom is -0.264 e. The molecule has 0 amide bonds. The van der Waals surface area contributed by atoms with Gasteiger partial charge in [-0.1, -0.05) is 12.8 Å². The number of hydrogen-bond acceptors (Lipinski definition) is 0. The van der Waals surface area contributed by atoms with Crippen molar-refractivity contribution >= 4 is 0 Å². The Morgan fingerprint density at radius 3 is 2.70 bits per heavy atom. The Bertz CT molecular complexity index is 173. The molecule has 0 aromatic rings. The summed E-state index contributed by atoms with van der Waals surface area (Å²) in [5.74, 6) is 0.836. The molecule has 2 rings (SSSR count). The van der Waals surface area contributed by atoms with Crippen LogP contribution in [0, 0.1) is 5.92 Å². The molecular formula is C9H12N. The topological polar surface area (TPSA) is 14.1 Å². The number of allylic oxidation sites excluding steroid dienone is 2. The van der Waals surface area contributed by atoms with Gasteiger partial charge in [0, 0.05) is 12.4 Å². The second-order valence-electron chi connectivity index (χ2n) is 3.08. The Kier molecular flexibility index (Phi) is 1.50. The van der Waals surface area contributed by atoms with Crippen LogP contribution in [0.1, 0.15) is 25.7 Å². The molecule has 1 radical (unpaired) electrons. The number of nitrogens with zero attached hydrogens (tertiary/aromatic N) is 1. The van der Waals surface area contributed by atoms with Crippen LogP contribution in [0.3, 0.4) is 0 Å². The van der Waals surface area contributed by atoms with Crippen LogP contribution >= 0.6 is 0 Å². The van der Waals surface area contributed by atoms with Crippen molar-refractivity contribution in [2.75, 3.05) is 0 Å². The van der Waals surface area contributed by atoms with Gasteiger partial charge in [0.15, 0.2) is 0 Å². The standard InChI is InChI=1S/C9H12N/c1-2-4-8(3-1)9-5-6-10-7-9/h5-8H,1-4H2.